The number of aliphatic hydroxyl groups excluding tert-OH is 1. The van der Waals surface area contributed by atoms with Crippen LogP contribution in [0.5, 0.6) is 0 Å². The lowest BCUT2D eigenvalue weighted by atomic mass is 9.98. The highest BCUT2D eigenvalue weighted by atomic mass is 16.5. The monoisotopic (exact) mass is 406 g/mol. The van der Waals surface area contributed by atoms with Crippen molar-refractivity contribution in [3.63, 3.8) is 0 Å². The maximum Gasteiger partial charge on any atom is 0.411 e. The van der Waals surface area contributed by atoms with Gasteiger partial charge in [0.1, 0.15) is 6.61 Å². The van der Waals surface area contributed by atoms with Crippen LogP contribution in [0.15, 0.2) is 60.9 Å². The number of hydrogen-bond acceptors (Lipinski definition) is 5. The molecule has 3 aromatic rings. The minimum Gasteiger partial charge on any atom is -0.448 e. The van der Waals surface area contributed by atoms with E-state index < -0.39 is 12.2 Å². The lowest BCUT2D eigenvalue weighted by molar-refractivity contribution is 0.116. The molecular formula is C23H26N4O3. The minimum absolute atomic E-state index is 0.0204. The maximum atomic E-state index is 12.3. The van der Waals surface area contributed by atoms with E-state index >= 15 is 0 Å². The molecule has 0 bridgehead atoms. The number of likely N-dealkylation sites (N-methyl/N-ethyl adjacent to an activating group) is 1. The zero-order valence-corrected chi connectivity index (χ0v) is 17.2. The fourth-order valence-corrected chi connectivity index (χ4v) is 3.98. The summed E-state index contributed by atoms with van der Waals surface area (Å²) in [6.45, 7) is 1.15. The molecule has 30 heavy (non-hydrogen) atoms. The Bertz CT molecular complexity index is 985. The number of rotatable bonds is 7. The highest BCUT2D eigenvalue weighted by molar-refractivity contribution is 5.84. The Balaban J connectivity index is 1.36. The van der Waals surface area contributed by atoms with Crippen LogP contribution in [0.4, 0.5) is 10.5 Å². The van der Waals surface area contributed by atoms with Crippen molar-refractivity contribution in [1.82, 2.24) is 14.7 Å². The van der Waals surface area contributed by atoms with Crippen LogP contribution in [0.3, 0.4) is 0 Å². The molecule has 1 unspecified atom stereocenters. The number of anilines is 1. The first-order valence-corrected chi connectivity index (χ1v) is 9.98. The lowest BCUT2D eigenvalue weighted by Crippen LogP contribution is -2.29. The molecule has 1 aromatic heterocycles. The molecule has 7 nitrogen and oxygen atoms in total. The normalized spacial score (nSPS) is 13.7. The Morgan fingerprint density at radius 3 is 2.43 bits per heavy atom. The lowest BCUT2D eigenvalue weighted by Gasteiger charge is -2.15. The summed E-state index contributed by atoms with van der Waals surface area (Å²) < 4.78 is 7.15. The Hall–Kier alpha value is -3.16. The van der Waals surface area contributed by atoms with E-state index in [9.17, 15) is 9.90 Å². The molecule has 0 aliphatic heterocycles. The number of amides is 1. The summed E-state index contributed by atoms with van der Waals surface area (Å²) in [4.78, 5) is 14.3. The second-order valence-electron chi connectivity index (χ2n) is 7.82. The molecule has 1 aliphatic rings. The number of carbonyl (C=O) groups is 1. The van der Waals surface area contributed by atoms with Crippen LogP contribution in [0.1, 0.15) is 17.0 Å². The number of fused-ring (bicyclic) bond motifs is 3. The van der Waals surface area contributed by atoms with Crippen LogP contribution < -0.4 is 5.32 Å². The largest absolute Gasteiger partial charge is 0.448 e. The third-order valence-electron chi connectivity index (χ3n) is 5.20. The average Bonchev–Trinajstić information content (AvgIpc) is 3.27. The van der Waals surface area contributed by atoms with Gasteiger partial charge in [0.15, 0.2) is 0 Å². The predicted molar refractivity (Wildman–Crippen MR) is 115 cm³/mol. The van der Waals surface area contributed by atoms with Crippen LogP contribution in [0.2, 0.25) is 0 Å². The predicted octanol–water partition coefficient (Wildman–Crippen LogP) is 3.17. The van der Waals surface area contributed by atoms with Gasteiger partial charge in [-0.1, -0.05) is 48.5 Å². The van der Waals surface area contributed by atoms with Gasteiger partial charge in [-0.25, -0.2) is 4.79 Å². The van der Waals surface area contributed by atoms with Crippen LogP contribution in [0, 0.1) is 0 Å². The van der Waals surface area contributed by atoms with Gasteiger partial charge in [0.05, 0.1) is 24.5 Å². The molecule has 2 aromatic carbocycles. The fraction of sp³-hybridized carbons (Fsp3) is 0.304. The van der Waals surface area contributed by atoms with E-state index in [0.717, 1.165) is 0 Å². The van der Waals surface area contributed by atoms with E-state index in [1.165, 1.54) is 22.3 Å². The van der Waals surface area contributed by atoms with Crippen molar-refractivity contribution in [2.45, 2.75) is 18.6 Å². The second-order valence-corrected chi connectivity index (χ2v) is 7.82. The summed E-state index contributed by atoms with van der Waals surface area (Å²) >= 11 is 0. The summed E-state index contributed by atoms with van der Waals surface area (Å²) in [6, 6.07) is 16.5. The molecule has 1 aliphatic carbocycles. The molecular weight excluding hydrogens is 380 g/mol. The summed E-state index contributed by atoms with van der Waals surface area (Å²) in [5.74, 6) is 0.0204. The molecule has 156 valence electrons. The molecule has 2 N–H and O–H groups in total. The quantitative estimate of drug-likeness (QED) is 0.630. The van der Waals surface area contributed by atoms with E-state index in [1.54, 1.807) is 17.1 Å². The Morgan fingerprint density at radius 1 is 1.17 bits per heavy atom. The first kappa shape index (κ1) is 20.1. The van der Waals surface area contributed by atoms with Gasteiger partial charge in [0, 0.05) is 18.7 Å². The van der Waals surface area contributed by atoms with Crippen molar-refractivity contribution in [1.29, 1.82) is 0 Å². The van der Waals surface area contributed by atoms with Crippen LogP contribution >= 0.6 is 0 Å². The Labute approximate surface area is 175 Å². The molecule has 0 saturated carbocycles. The summed E-state index contributed by atoms with van der Waals surface area (Å²) in [5, 5.41) is 16.9. The van der Waals surface area contributed by atoms with Crippen molar-refractivity contribution in [2.24, 2.45) is 0 Å². The molecule has 0 spiro atoms. The molecule has 7 heteroatoms. The van der Waals surface area contributed by atoms with E-state index in [1.807, 2.05) is 43.3 Å². The molecule has 1 heterocycles. The number of aliphatic hydroxyl groups is 1. The standard InChI is InChI=1S/C23H26N4O3/c1-26(2)13-17(28)14-27-12-16(11-24-27)25-23(29)30-15-22-20-9-5-3-7-18(20)19-8-4-6-10-21(19)22/h3-12,17,22,28H,13-15H2,1-2H3,(H,25,29). The molecule has 0 fully saturated rings. The molecule has 4 rings (SSSR count). The van der Waals surface area contributed by atoms with Crippen LogP contribution in [-0.4, -0.2) is 59.2 Å². The van der Waals surface area contributed by atoms with Gasteiger partial charge in [-0.3, -0.25) is 10.00 Å². The van der Waals surface area contributed by atoms with E-state index in [-0.39, 0.29) is 12.5 Å². The van der Waals surface area contributed by atoms with E-state index in [2.05, 4.69) is 34.7 Å². The fourth-order valence-electron chi connectivity index (χ4n) is 3.98. The second kappa shape index (κ2) is 8.69. The first-order valence-electron chi connectivity index (χ1n) is 9.98. The highest BCUT2D eigenvalue weighted by Gasteiger charge is 2.29. The number of nitrogens with one attached hydrogen (secondary N) is 1. The van der Waals surface area contributed by atoms with E-state index in [4.69, 9.17) is 4.74 Å². The first-order chi connectivity index (χ1) is 14.5. The average molecular weight is 406 g/mol. The smallest absolute Gasteiger partial charge is 0.411 e. The van der Waals surface area contributed by atoms with Gasteiger partial charge >= 0.3 is 6.09 Å². The summed E-state index contributed by atoms with van der Waals surface area (Å²) in [6.07, 6.45) is 2.16. The number of aromatic nitrogens is 2. The number of carbonyl (C=O) groups excluding carboxylic acids is 1. The molecule has 1 atom stereocenters. The molecule has 0 radical (unpaired) electrons. The number of nitrogens with zero attached hydrogens (tertiary/aromatic N) is 3. The third kappa shape index (κ3) is 4.37. The molecule has 0 saturated heterocycles. The van der Waals surface area contributed by atoms with Crippen molar-refractivity contribution in [3.8, 4) is 11.1 Å². The van der Waals surface area contributed by atoms with Crippen molar-refractivity contribution >= 4 is 11.8 Å². The van der Waals surface area contributed by atoms with Gasteiger partial charge in [0.25, 0.3) is 0 Å². The summed E-state index contributed by atoms with van der Waals surface area (Å²) in [5.41, 5.74) is 5.27. The number of hydrogen-bond donors (Lipinski definition) is 2. The van der Waals surface area contributed by atoms with Gasteiger partial charge in [-0.2, -0.15) is 5.10 Å². The SMILES string of the molecule is CN(C)CC(O)Cn1cc(NC(=O)OCC2c3ccccc3-c3ccccc32)cn1. The van der Waals surface area contributed by atoms with Gasteiger partial charge in [0.2, 0.25) is 0 Å². The van der Waals surface area contributed by atoms with E-state index in [0.29, 0.717) is 18.8 Å². The van der Waals surface area contributed by atoms with Crippen molar-refractivity contribution in [2.75, 3.05) is 32.6 Å². The van der Waals surface area contributed by atoms with Crippen LogP contribution in [-0.2, 0) is 11.3 Å². The Kier molecular flexibility index (Phi) is 5.83. The zero-order chi connectivity index (χ0) is 21.1. The van der Waals surface area contributed by atoms with Crippen LogP contribution in [0.25, 0.3) is 11.1 Å². The van der Waals surface area contributed by atoms with Gasteiger partial charge in [-0.15, -0.1) is 0 Å². The minimum atomic E-state index is -0.540. The van der Waals surface area contributed by atoms with Crippen molar-refractivity contribution in [3.05, 3.63) is 72.1 Å². The topological polar surface area (TPSA) is 79.6 Å². The number of ether oxygens (including phenoxy) is 1. The Morgan fingerprint density at radius 2 is 1.80 bits per heavy atom. The van der Waals surface area contributed by atoms with Gasteiger partial charge in [-0.05, 0) is 36.3 Å². The number of benzene rings is 2. The van der Waals surface area contributed by atoms with Crippen molar-refractivity contribution < 1.29 is 14.6 Å². The summed E-state index contributed by atoms with van der Waals surface area (Å²) in [7, 11) is 3.80. The third-order valence-corrected chi connectivity index (χ3v) is 5.20. The maximum absolute atomic E-state index is 12.3. The van der Waals surface area contributed by atoms with Gasteiger partial charge < -0.3 is 14.7 Å². The zero-order valence-electron chi connectivity index (χ0n) is 17.2. The highest BCUT2D eigenvalue weighted by Crippen LogP contribution is 2.44. The molecule has 1 amide bonds.